The molecule has 0 fully saturated rings. The lowest BCUT2D eigenvalue weighted by Gasteiger charge is -2.18. The number of hydrogen-bond acceptors (Lipinski definition) is 2. The summed E-state index contributed by atoms with van der Waals surface area (Å²) >= 11 is 0. The molecule has 1 aromatic rings. The average molecular weight is 163 g/mol. The van der Waals surface area contributed by atoms with E-state index in [1.165, 1.54) is 6.92 Å². The number of furan rings is 1. The summed E-state index contributed by atoms with van der Waals surface area (Å²) in [5, 5.41) is 0. The minimum absolute atomic E-state index is 0.0355. The Bertz CT molecular complexity index is 338. The molecule has 0 N–H and O–H groups in total. The quantitative estimate of drug-likeness (QED) is 0.582. The van der Waals surface area contributed by atoms with Gasteiger partial charge in [0.05, 0.1) is 12.8 Å². The summed E-state index contributed by atoms with van der Waals surface area (Å²) in [4.78, 5) is 12.6. The first kappa shape index (κ1) is 7.16. The van der Waals surface area contributed by atoms with Gasteiger partial charge in [-0.05, 0) is 12.1 Å². The third-order valence-electron chi connectivity index (χ3n) is 1.93. The minimum Gasteiger partial charge on any atom is -0.467 e. The maximum atomic E-state index is 11.0. The molecule has 3 nitrogen and oxygen atoms in total. The summed E-state index contributed by atoms with van der Waals surface area (Å²) in [6.45, 7) is 2.09. The van der Waals surface area contributed by atoms with Crippen molar-refractivity contribution < 1.29 is 9.21 Å². The van der Waals surface area contributed by atoms with Gasteiger partial charge in [0.25, 0.3) is 0 Å². The first-order valence-electron chi connectivity index (χ1n) is 3.79. The van der Waals surface area contributed by atoms with E-state index in [-0.39, 0.29) is 5.91 Å². The van der Waals surface area contributed by atoms with E-state index in [2.05, 4.69) is 0 Å². The average Bonchev–Trinajstić information content (AvgIpc) is 2.49. The molecule has 0 spiro atoms. The zero-order valence-corrected chi connectivity index (χ0v) is 6.78. The van der Waals surface area contributed by atoms with Gasteiger partial charge in [0.1, 0.15) is 5.76 Å². The molecule has 0 saturated heterocycles. The Balaban J connectivity index is 2.30. The zero-order chi connectivity index (χ0) is 8.55. The maximum Gasteiger partial charge on any atom is 0.223 e. The standard InChI is InChI=1S/C9H9NO2/c1-7(11)10-4-2-8-3-5-12-9(8)6-10/h2-5H,6H2,1H3. The molecule has 1 amide bonds. The largest absolute Gasteiger partial charge is 0.467 e. The number of hydrogen-bond donors (Lipinski definition) is 0. The summed E-state index contributed by atoms with van der Waals surface area (Å²) in [5.41, 5.74) is 1.06. The van der Waals surface area contributed by atoms with Crippen LogP contribution in [0.4, 0.5) is 0 Å². The summed E-state index contributed by atoms with van der Waals surface area (Å²) in [6, 6.07) is 1.89. The first-order chi connectivity index (χ1) is 5.77. The van der Waals surface area contributed by atoms with Gasteiger partial charge in [0.2, 0.25) is 5.91 Å². The molecule has 2 heterocycles. The van der Waals surface area contributed by atoms with Crippen molar-refractivity contribution >= 4 is 12.0 Å². The van der Waals surface area contributed by atoms with Gasteiger partial charge in [0.15, 0.2) is 0 Å². The Hall–Kier alpha value is -1.51. The molecule has 0 bridgehead atoms. The van der Waals surface area contributed by atoms with Crippen LogP contribution in [0, 0.1) is 0 Å². The molecule has 0 unspecified atom stereocenters. The number of amides is 1. The number of fused-ring (bicyclic) bond motifs is 1. The first-order valence-corrected chi connectivity index (χ1v) is 3.79. The SMILES string of the molecule is CC(=O)N1C=Cc2ccoc2C1. The fourth-order valence-electron chi connectivity index (χ4n) is 1.22. The Morgan fingerprint density at radius 1 is 1.67 bits per heavy atom. The molecule has 62 valence electrons. The van der Waals surface area contributed by atoms with Gasteiger partial charge in [0, 0.05) is 18.7 Å². The monoisotopic (exact) mass is 163 g/mol. The van der Waals surface area contributed by atoms with Crippen LogP contribution in [0.5, 0.6) is 0 Å². The highest BCUT2D eigenvalue weighted by Gasteiger charge is 2.15. The molecule has 0 atom stereocenters. The van der Waals surface area contributed by atoms with Crippen LogP contribution in [-0.2, 0) is 11.3 Å². The lowest BCUT2D eigenvalue weighted by atomic mass is 10.2. The van der Waals surface area contributed by atoms with Crippen molar-refractivity contribution in [3.05, 3.63) is 29.9 Å². The van der Waals surface area contributed by atoms with Crippen LogP contribution in [0.3, 0.4) is 0 Å². The van der Waals surface area contributed by atoms with Crippen molar-refractivity contribution in [1.29, 1.82) is 0 Å². The fraction of sp³-hybridized carbons (Fsp3) is 0.222. The second-order valence-corrected chi connectivity index (χ2v) is 2.76. The van der Waals surface area contributed by atoms with Gasteiger partial charge in [-0.2, -0.15) is 0 Å². The van der Waals surface area contributed by atoms with Gasteiger partial charge >= 0.3 is 0 Å². The van der Waals surface area contributed by atoms with Crippen molar-refractivity contribution in [3.63, 3.8) is 0 Å². The van der Waals surface area contributed by atoms with Gasteiger partial charge < -0.3 is 9.32 Å². The number of carbonyl (C=O) groups excluding carboxylic acids is 1. The van der Waals surface area contributed by atoms with Crippen molar-refractivity contribution in [2.24, 2.45) is 0 Å². The van der Waals surface area contributed by atoms with E-state index >= 15 is 0 Å². The topological polar surface area (TPSA) is 33.5 Å². The molecule has 12 heavy (non-hydrogen) atoms. The van der Waals surface area contributed by atoms with Gasteiger partial charge in [-0.25, -0.2) is 0 Å². The lowest BCUT2D eigenvalue weighted by Crippen LogP contribution is -2.23. The van der Waals surface area contributed by atoms with Crippen molar-refractivity contribution in [1.82, 2.24) is 4.90 Å². The predicted molar refractivity (Wildman–Crippen MR) is 44.0 cm³/mol. The van der Waals surface area contributed by atoms with E-state index in [1.54, 1.807) is 17.4 Å². The summed E-state index contributed by atoms with van der Waals surface area (Å²) in [5.74, 6) is 0.890. The Morgan fingerprint density at radius 2 is 2.50 bits per heavy atom. The van der Waals surface area contributed by atoms with E-state index in [1.807, 2.05) is 12.1 Å². The zero-order valence-electron chi connectivity index (χ0n) is 6.78. The molecule has 0 saturated carbocycles. The van der Waals surface area contributed by atoms with E-state index in [9.17, 15) is 4.79 Å². The number of rotatable bonds is 0. The third kappa shape index (κ3) is 1.03. The highest BCUT2D eigenvalue weighted by molar-refractivity contribution is 5.76. The molecule has 0 aromatic carbocycles. The van der Waals surface area contributed by atoms with E-state index in [4.69, 9.17) is 4.42 Å². The van der Waals surface area contributed by atoms with Gasteiger partial charge in [-0.1, -0.05) is 0 Å². The van der Waals surface area contributed by atoms with Crippen LogP contribution in [0.15, 0.2) is 22.9 Å². The second kappa shape index (κ2) is 2.52. The molecule has 2 rings (SSSR count). The molecular formula is C9H9NO2. The smallest absolute Gasteiger partial charge is 0.223 e. The van der Waals surface area contributed by atoms with Crippen LogP contribution in [0.1, 0.15) is 18.2 Å². The number of carbonyl (C=O) groups is 1. The normalized spacial score (nSPS) is 14.6. The lowest BCUT2D eigenvalue weighted by molar-refractivity contribution is -0.127. The Kier molecular flexibility index (Phi) is 1.50. The van der Waals surface area contributed by atoms with Crippen molar-refractivity contribution in [2.75, 3.05) is 0 Å². The molecule has 1 aliphatic heterocycles. The molecule has 3 heteroatoms. The highest BCUT2D eigenvalue weighted by Crippen LogP contribution is 2.20. The molecular weight excluding hydrogens is 154 g/mol. The summed E-state index contributed by atoms with van der Waals surface area (Å²) in [6.07, 6.45) is 5.29. The van der Waals surface area contributed by atoms with E-state index < -0.39 is 0 Å². The maximum absolute atomic E-state index is 11.0. The Labute approximate surface area is 70.3 Å². The summed E-state index contributed by atoms with van der Waals surface area (Å²) in [7, 11) is 0. The molecule has 1 aliphatic rings. The molecule has 0 radical (unpaired) electrons. The second-order valence-electron chi connectivity index (χ2n) is 2.76. The van der Waals surface area contributed by atoms with Crippen LogP contribution < -0.4 is 0 Å². The van der Waals surface area contributed by atoms with E-state index in [0.29, 0.717) is 6.54 Å². The van der Waals surface area contributed by atoms with Crippen LogP contribution in [-0.4, -0.2) is 10.8 Å². The minimum atomic E-state index is 0.0355. The molecule has 0 aliphatic carbocycles. The predicted octanol–water partition coefficient (Wildman–Crippen LogP) is 1.61. The molecule has 1 aromatic heterocycles. The van der Waals surface area contributed by atoms with Gasteiger partial charge in [-0.15, -0.1) is 0 Å². The Morgan fingerprint density at radius 3 is 3.25 bits per heavy atom. The van der Waals surface area contributed by atoms with Crippen LogP contribution in [0.25, 0.3) is 6.08 Å². The van der Waals surface area contributed by atoms with E-state index in [0.717, 1.165) is 11.3 Å². The third-order valence-corrected chi connectivity index (χ3v) is 1.93. The fourth-order valence-corrected chi connectivity index (χ4v) is 1.22. The summed E-state index contributed by atoms with van der Waals surface area (Å²) < 4.78 is 5.19. The van der Waals surface area contributed by atoms with Crippen molar-refractivity contribution in [2.45, 2.75) is 13.5 Å². The number of nitrogens with zero attached hydrogens (tertiary/aromatic N) is 1. The van der Waals surface area contributed by atoms with Crippen LogP contribution in [0.2, 0.25) is 0 Å². The van der Waals surface area contributed by atoms with Crippen LogP contribution >= 0.6 is 0 Å². The highest BCUT2D eigenvalue weighted by atomic mass is 16.3. The van der Waals surface area contributed by atoms with Crippen molar-refractivity contribution in [3.8, 4) is 0 Å². The van der Waals surface area contributed by atoms with Gasteiger partial charge in [-0.3, -0.25) is 4.79 Å².